The van der Waals surface area contributed by atoms with Gasteiger partial charge in [0.1, 0.15) is 12.2 Å². The van der Waals surface area contributed by atoms with Crippen LogP contribution in [0, 0.1) is 0 Å². The van der Waals surface area contributed by atoms with Crippen LogP contribution in [-0.2, 0) is 13.6 Å². The van der Waals surface area contributed by atoms with Crippen LogP contribution in [0.1, 0.15) is 16.4 Å². The van der Waals surface area contributed by atoms with Gasteiger partial charge in [-0.1, -0.05) is 35.5 Å². The minimum absolute atomic E-state index is 0.153. The fraction of sp³-hybridized carbons (Fsp3) is 0.200. The number of aryl methyl sites for hydroxylation is 1. The molecule has 0 aliphatic rings. The molecule has 3 rings (SSSR count). The molecule has 0 radical (unpaired) electrons. The van der Waals surface area contributed by atoms with E-state index in [0.29, 0.717) is 17.4 Å². The molecular formula is C15H15N5O2. The lowest BCUT2D eigenvalue weighted by molar-refractivity contribution is 0.0760. The number of benzene rings is 1. The summed E-state index contributed by atoms with van der Waals surface area (Å²) in [4.78, 5) is 22.0. The first-order chi connectivity index (χ1) is 10.6. The van der Waals surface area contributed by atoms with Crippen LogP contribution in [0.4, 0.5) is 0 Å². The van der Waals surface area contributed by atoms with Gasteiger partial charge in [0.25, 0.3) is 5.91 Å². The van der Waals surface area contributed by atoms with Crippen molar-refractivity contribution in [1.82, 2.24) is 24.6 Å². The van der Waals surface area contributed by atoms with Crippen molar-refractivity contribution in [3.05, 3.63) is 54.4 Å². The van der Waals surface area contributed by atoms with Gasteiger partial charge in [0, 0.05) is 19.7 Å². The maximum absolute atomic E-state index is 12.3. The summed E-state index contributed by atoms with van der Waals surface area (Å²) < 4.78 is 6.88. The second kappa shape index (κ2) is 5.80. The van der Waals surface area contributed by atoms with Crippen LogP contribution in [0.5, 0.6) is 0 Å². The van der Waals surface area contributed by atoms with Gasteiger partial charge in [-0.3, -0.25) is 4.79 Å². The van der Waals surface area contributed by atoms with Crippen LogP contribution >= 0.6 is 0 Å². The Morgan fingerprint density at radius 3 is 2.77 bits per heavy atom. The molecule has 0 aliphatic carbocycles. The lowest BCUT2D eigenvalue weighted by Gasteiger charge is -2.14. The Balaban J connectivity index is 1.73. The molecule has 0 unspecified atom stereocenters. The van der Waals surface area contributed by atoms with Crippen LogP contribution in [0.25, 0.3) is 11.4 Å². The van der Waals surface area contributed by atoms with Crippen molar-refractivity contribution in [2.45, 2.75) is 6.54 Å². The summed E-state index contributed by atoms with van der Waals surface area (Å²) >= 11 is 0. The van der Waals surface area contributed by atoms with E-state index in [4.69, 9.17) is 4.52 Å². The van der Waals surface area contributed by atoms with Crippen molar-refractivity contribution in [2.75, 3.05) is 7.05 Å². The zero-order valence-electron chi connectivity index (χ0n) is 12.3. The molecule has 7 nitrogen and oxygen atoms in total. The SMILES string of the molecule is CN(Cc1nc(-c2ccccc2)no1)C(=O)c1cncn1C. The highest BCUT2D eigenvalue weighted by Crippen LogP contribution is 2.15. The van der Waals surface area contributed by atoms with Gasteiger partial charge in [0.2, 0.25) is 11.7 Å². The first kappa shape index (κ1) is 14.0. The second-order valence-electron chi connectivity index (χ2n) is 4.93. The van der Waals surface area contributed by atoms with Gasteiger partial charge in [0.15, 0.2) is 0 Å². The summed E-state index contributed by atoms with van der Waals surface area (Å²) in [6, 6.07) is 9.54. The molecule has 3 aromatic rings. The Hall–Kier alpha value is -2.96. The highest BCUT2D eigenvalue weighted by molar-refractivity contribution is 5.92. The van der Waals surface area contributed by atoms with Crippen molar-refractivity contribution in [3.63, 3.8) is 0 Å². The number of hydrogen-bond acceptors (Lipinski definition) is 5. The molecule has 1 aromatic carbocycles. The number of aromatic nitrogens is 4. The summed E-state index contributed by atoms with van der Waals surface area (Å²) in [6.07, 6.45) is 3.11. The molecule has 0 aliphatic heterocycles. The third-order valence-corrected chi connectivity index (χ3v) is 3.26. The Labute approximate surface area is 127 Å². The number of hydrogen-bond donors (Lipinski definition) is 0. The van der Waals surface area contributed by atoms with Crippen LogP contribution in [0.15, 0.2) is 47.4 Å². The van der Waals surface area contributed by atoms with E-state index in [1.165, 1.54) is 11.1 Å². The topological polar surface area (TPSA) is 77.1 Å². The van der Waals surface area contributed by atoms with Crippen molar-refractivity contribution >= 4 is 5.91 Å². The quantitative estimate of drug-likeness (QED) is 0.733. The van der Waals surface area contributed by atoms with Gasteiger partial charge in [-0.25, -0.2) is 4.98 Å². The normalized spacial score (nSPS) is 10.6. The van der Waals surface area contributed by atoms with Gasteiger partial charge in [-0.05, 0) is 0 Å². The van der Waals surface area contributed by atoms with E-state index >= 15 is 0 Å². The molecule has 7 heteroatoms. The minimum Gasteiger partial charge on any atom is -0.337 e. The average Bonchev–Trinajstić information content (AvgIpc) is 3.16. The van der Waals surface area contributed by atoms with E-state index in [1.807, 2.05) is 30.3 Å². The number of imidazole rings is 1. The molecule has 0 N–H and O–H groups in total. The molecule has 22 heavy (non-hydrogen) atoms. The van der Waals surface area contributed by atoms with Gasteiger partial charge in [-0.2, -0.15) is 4.98 Å². The maximum atomic E-state index is 12.3. The van der Waals surface area contributed by atoms with Gasteiger partial charge >= 0.3 is 0 Å². The van der Waals surface area contributed by atoms with Gasteiger partial charge in [0.05, 0.1) is 12.5 Å². The molecular weight excluding hydrogens is 282 g/mol. The lowest BCUT2D eigenvalue weighted by atomic mass is 10.2. The molecule has 0 fully saturated rings. The number of carbonyl (C=O) groups excluding carboxylic acids is 1. The number of carbonyl (C=O) groups is 1. The van der Waals surface area contributed by atoms with Crippen molar-refractivity contribution < 1.29 is 9.32 Å². The van der Waals surface area contributed by atoms with Crippen LogP contribution in [0.3, 0.4) is 0 Å². The smallest absolute Gasteiger partial charge is 0.272 e. The predicted octanol–water partition coefficient (Wildman–Crippen LogP) is 1.74. The van der Waals surface area contributed by atoms with E-state index < -0.39 is 0 Å². The third-order valence-electron chi connectivity index (χ3n) is 3.26. The summed E-state index contributed by atoms with van der Waals surface area (Å²) in [5.41, 5.74) is 1.38. The summed E-state index contributed by atoms with van der Waals surface area (Å²) in [7, 11) is 3.45. The molecule has 0 atom stereocenters. The molecule has 2 heterocycles. The van der Waals surface area contributed by atoms with Crippen LogP contribution in [-0.4, -0.2) is 37.5 Å². The number of nitrogens with zero attached hydrogens (tertiary/aromatic N) is 5. The van der Waals surface area contributed by atoms with Crippen molar-refractivity contribution in [1.29, 1.82) is 0 Å². The fourth-order valence-corrected chi connectivity index (χ4v) is 2.06. The van der Waals surface area contributed by atoms with Crippen LogP contribution < -0.4 is 0 Å². The predicted molar refractivity (Wildman–Crippen MR) is 78.7 cm³/mol. The van der Waals surface area contributed by atoms with E-state index in [2.05, 4.69) is 15.1 Å². The highest BCUT2D eigenvalue weighted by Gasteiger charge is 2.18. The summed E-state index contributed by atoms with van der Waals surface area (Å²) in [6.45, 7) is 0.240. The Morgan fingerprint density at radius 2 is 2.09 bits per heavy atom. The molecule has 0 bridgehead atoms. The third kappa shape index (κ3) is 2.73. The van der Waals surface area contributed by atoms with Gasteiger partial charge in [-0.15, -0.1) is 0 Å². The first-order valence-corrected chi connectivity index (χ1v) is 6.75. The molecule has 0 saturated heterocycles. The van der Waals surface area contributed by atoms with Crippen LogP contribution in [0.2, 0.25) is 0 Å². The van der Waals surface area contributed by atoms with Crippen molar-refractivity contribution in [3.8, 4) is 11.4 Å². The van der Waals surface area contributed by atoms with Gasteiger partial charge < -0.3 is 14.0 Å². The van der Waals surface area contributed by atoms with E-state index in [-0.39, 0.29) is 12.5 Å². The highest BCUT2D eigenvalue weighted by atomic mass is 16.5. The zero-order chi connectivity index (χ0) is 15.5. The Morgan fingerprint density at radius 1 is 1.32 bits per heavy atom. The average molecular weight is 297 g/mol. The van der Waals surface area contributed by atoms with E-state index in [0.717, 1.165) is 5.56 Å². The molecule has 0 spiro atoms. The summed E-state index contributed by atoms with van der Waals surface area (Å²) in [5.74, 6) is 0.744. The maximum Gasteiger partial charge on any atom is 0.272 e. The molecule has 112 valence electrons. The largest absolute Gasteiger partial charge is 0.337 e. The fourth-order valence-electron chi connectivity index (χ4n) is 2.06. The lowest BCUT2D eigenvalue weighted by Crippen LogP contribution is -2.27. The minimum atomic E-state index is -0.153. The van der Waals surface area contributed by atoms with Crippen molar-refractivity contribution in [2.24, 2.45) is 7.05 Å². The second-order valence-corrected chi connectivity index (χ2v) is 4.93. The monoisotopic (exact) mass is 297 g/mol. The number of amides is 1. The molecule has 0 saturated carbocycles. The Bertz CT molecular complexity index is 778. The van der Waals surface area contributed by atoms with E-state index in [9.17, 15) is 4.79 Å². The standard InChI is InChI=1S/C15H15N5O2/c1-19(15(21)12-8-16-10-20(12)2)9-13-17-14(18-22-13)11-6-4-3-5-7-11/h3-8,10H,9H2,1-2H3. The zero-order valence-corrected chi connectivity index (χ0v) is 12.3. The summed E-state index contributed by atoms with van der Waals surface area (Å²) in [5, 5.41) is 3.94. The first-order valence-electron chi connectivity index (χ1n) is 6.75. The molecule has 1 amide bonds. The molecule has 2 aromatic heterocycles. The van der Waals surface area contributed by atoms with E-state index in [1.54, 1.807) is 25.0 Å². The number of rotatable bonds is 4. The Kier molecular flexibility index (Phi) is 3.69.